The summed E-state index contributed by atoms with van der Waals surface area (Å²) in [6.07, 6.45) is 1.82. The van der Waals surface area contributed by atoms with Crippen molar-refractivity contribution >= 4 is 0 Å². The summed E-state index contributed by atoms with van der Waals surface area (Å²) in [5.74, 6) is 1.86. The third kappa shape index (κ3) is 6.97. The molecule has 0 aliphatic heterocycles. The SMILES string of the molecule is Cc1ncccc1-c1cccc(-c2nc(-c3ccccc3)nc(-c3ccc(-c4c(-c5ccccc5)cc(-c5ccccc5)cc4-c4ccccc4)cc3)n2)c1. The second kappa shape index (κ2) is 15.0. The van der Waals surface area contributed by atoms with Crippen LogP contribution in [0.2, 0.25) is 0 Å². The first kappa shape index (κ1) is 33.5. The van der Waals surface area contributed by atoms with E-state index in [9.17, 15) is 0 Å². The lowest BCUT2D eigenvalue weighted by Gasteiger charge is -2.19. The average molecular weight is 705 g/mol. The van der Waals surface area contributed by atoms with E-state index in [1.165, 1.54) is 27.8 Å². The zero-order valence-corrected chi connectivity index (χ0v) is 30.3. The maximum absolute atomic E-state index is 5.10. The molecule has 55 heavy (non-hydrogen) atoms. The molecule has 0 saturated carbocycles. The molecule has 0 atom stereocenters. The van der Waals surface area contributed by atoms with Crippen molar-refractivity contribution in [3.05, 3.63) is 206 Å². The van der Waals surface area contributed by atoms with Gasteiger partial charge in [-0.05, 0) is 81.3 Å². The molecule has 7 aromatic carbocycles. The quantitative estimate of drug-likeness (QED) is 0.158. The van der Waals surface area contributed by atoms with Crippen molar-refractivity contribution in [3.8, 4) is 89.8 Å². The van der Waals surface area contributed by atoms with Gasteiger partial charge in [0.25, 0.3) is 0 Å². The summed E-state index contributed by atoms with van der Waals surface area (Å²) in [6, 6.07) is 67.8. The van der Waals surface area contributed by atoms with Crippen LogP contribution in [0.4, 0.5) is 0 Å². The van der Waals surface area contributed by atoms with Crippen molar-refractivity contribution in [1.82, 2.24) is 19.9 Å². The molecule has 4 nitrogen and oxygen atoms in total. The zero-order chi connectivity index (χ0) is 37.0. The Labute approximate surface area is 321 Å². The lowest BCUT2D eigenvalue weighted by atomic mass is 9.84. The van der Waals surface area contributed by atoms with Gasteiger partial charge in [0.1, 0.15) is 0 Å². The number of aromatic nitrogens is 4. The molecule has 4 heteroatoms. The summed E-state index contributed by atoms with van der Waals surface area (Å²) in [6.45, 7) is 2.03. The van der Waals surface area contributed by atoms with Crippen LogP contribution in [0.3, 0.4) is 0 Å². The highest BCUT2D eigenvalue weighted by atomic mass is 15.0. The van der Waals surface area contributed by atoms with Gasteiger partial charge in [-0.15, -0.1) is 0 Å². The van der Waals surface area contributed by atoms with E-state index in [2.05, 4.69) is 163 Å². The molecule has 2 heterocycles. The van der Waals surface area contributed by atoms with Gasteiger partial charge < -0.3 is 0 Å². The highest BCUT2D eigenvalue weighted by Gasteiger charge is 2.19. The fraction of sp³-hybridized carbons (Fsp3) is 0.0196. The predicted octanol–water partition coefficient (Wildman–Crippen LogP) is 12.9. The standard InChI is InChI=1S/C51H36N4/c1-35-45(26-15-31-52-35)42-24-14-25-43(32-42)51-54-49(40-22-12-5-13-23-40)53-50(55-51)41-29-27-39(28-30-41)48-46(37-18-8-3-9-19-37)33-44(36-16-6-2-7-17-36)34-47(48)38-20-10-4-11-21-38/h2-34H,1H3. The number of benzene rings is 7. The number of pyridine rings is 1. The highest BCUT2D eigenvalue weighted by Crippen LogP contribution is 2.43. The Bertz CT molecular complexity index is 2670. The summed E-state index contributed by atoms with van der Waals surface area (Å²) in [5.41, 5.74) is 15.2. The molecule has 2 aromatic heterocycles. The first-order valence-corrected chi connectivity index (χ1v) is 18.5. The van der Waals surface area contributed by atoms with E-state index in [4.69, 9.17) is 15.0 Å². The molecule has 0 N–H and O–H groups in total. The molecule has 0 aliphatic rings. The number of hydrogen-bond acceptors (Lipinski definition) is 4. The lowest BCUT2D eigenvalue weighted by Crippen LogP contribution is -2.00. The minimum Gasteiger partial charge on any atom is -0.261 e. The van der Waals surface area contributed by atoms with Crippen LogP contribution < -0.4 is 0 Å². The molecule has 0 unspecified atom stereocenters. The minimum atomic E-state index is 0.615. The summed E-state index contributed by atoms with van der Waals surface area (Å²) in [5, 5.41) is 0. The molecule has 0 saturated heterocycles. The van der Waals surface area contributed by atoms with Crippen LogP contribution in [-0.2, 0) is 0 Å². The third-order valence-corrected chi connectivity index (χ3v) is 9.95. The fourth-order valence-corrected chi connectivity index (χ4v) is 7.19. The topological polar surface area (TPSA) is 51.6 Å². The largest absolute Gasteiger partial charge is 0.261 e. The normalized spacial score (nSPS) is 11.0. The van der Waals surface area contributed by atoms with Crippen LogP contribution in [0.1, 0.15) is 5.69 Å². The van der Waals surface area contributed by atoms with Gasteiger partial charge in [0.2, 0.25) is 0 Å². The van der Waals surface area contributed by atoms with Crippen molar-refractivity contribution in [2.24, 2.45) is 0 Å². The minimum absolute atomic E-state index is 0.615. The van der Waals surface area contributed by atoms with Gasteiger partial charge in [-0.3, -0.25) is 4.98 Å². The molecular formula is C51H36N4. The summed E-state index contributed by atoms with van der Waals surface area (Å²) < 4.78 is 0. The van der Waals surface area contributed by atoms with Gasteiger partial charge in [0, 0.05) is 34.1 Å². The Kier molecular flexibility index (Phi) is 9.13. The molecule has 260 valence electrons. The zero-order valence-electron chi connectivity index (χ0n) is 30.3. The van der Waals surface area contributed by atoms with Gasteiger partial charge in [-0.1, -0.05) is 170 Å². The van der Waals surface area contributed by atoms with Crippen LogP contribution in [0, 0.1) is 6.92 Å². The monoisotopic (exact) mass is 704 g/mol. The first-order valence-electron chi connectivity index (χ1n) is 18.5. The molecule has 0 amide bonds. The van der Waals surface area contributed by atoms with Crippen LogP contribution >= 0.6 is 0 Å². The van der Waals surface area contributed by atoms with Crippen molar-refractivity contribution in [1.29, 1.82) is 0 Å². The second-order valence-corrected chi connectivity index (χ2v) is 13.5. The predicted molar refractivity (Wildman–Crippen MR) is 226 cm³/mol. The molecule has 0 spiro atoms. The van der Waals surface area contributed by atoms with Gasteiger partial charge in [-0.25, -0.2) is 15.0 Å². The Morgan fingerprint density at radius 3 is 1.27 bits per heavy atom. The van der Waals surface area contributed by atoms with E-state index in [0.717, 1.165) is 50.2 Å². The smallest absolute Gasteiger partial charge is 0.164 e. The van der Waals surface area contributed by atoms with E-state index in [-0.39, 0.29) is 0 Å². The number of hydrogen-bond donors (Lipinski definition) is 0. The van der Waals surface area contributed by atoms with Crippen LogP contribution in [0.15, 0.2) is 200 Å². The van der Waals surface area contributed by atoms with Crippen molar-refractivity contribution in [2.75, 3.05) is 0 Å². The van der Waals surface area contributed by atoms with Gasteiger partial charge in [0.15, 0.2) is 17.5 Å². The van der Waals surface area contributed by atoms with Gasteiger partial charge in [-0.2, -0.15) is 0 Å². The van der Waals surface area contributed by atoms with Crippen molar-refractivity contribution in [2.45, 2.75) is 6.92 Å². The molecule has 9 aromatic rings. The van der Waals surface area contributed by atoms with Crippen molar-refractivity contribution in [3.63, 3.8) is 0 Å². The third-order valence-electron chi connectivity index (χ3n) is 9.95. The number of aryl methyl sites for hydroxylation is 1. The molecule has 0 bridgehead atoms. The Balaban J connectivity index is 1.19. The molecule has 0 radical (unpaired) electrons. The Hall–Kier alpha value is -7.30. The Morgan fingerprint density at radius 1 is 0.291 bits per heavy atom. The molecular weight excluding hydrogens is 669 g/mol. The van der Waals surface area contributed by atoms with Crippen LogP contribution in [-0.4, -0.2) is 19.9 Å². The fourth-order valence-electron chi connectivity index (χ4n) is 7.19. The molecule has 0 aliphatic carbocycles. The van der Waals surface area contributed by atoms with Gasteiger partial charge >= 0.3 is 0 Å². The summed E-state index contributed by atoms with van der Waals surface area (Å²) in [7, 11) is 0. The maximum Gasteiger partial charge on any atom is 0.164 e. The van der Waals surface area contributed by atoms with E-state index < -0.39 is 0 Å². The molecule has 0 fully saturated rings. The first-order chi connectivity index (χ1) is 27.2. The Morgan fingerprint density at radius 2 is 0.727 bits per heavy atom. The summed E-state index contributed by atoms with van der Waals surface area (Å²) >= 11 is 0. The summed E-state index contributed by atoms with van der Waals surface area (Å²) in [4.78, 5) is 19.7. The van der Waals surface area contributed by atoms with E-state index >= 15 is 0 Å². The van der Waals surface area contributed by atoms with Gasteiger partial charge in [0.05, 0.1) is 0 Å². The maximum atomic E-state index is 5.10. The molecule has 9 rings (SSSR count). The van der Waals surface area contributed by atoms with E-state index in [0.29, 0.717) is 17.5 Å². The van der Waals surface area contributed by atoms with Crippen LogP contribution in [0.5, 0.6) is 0 Å². The average Bonchev–Trinajstić information content (AvgIpc) is 3.27. The highest BCUT2D eigenvalue weighted by molar-refractivity contribution is 5.98. The van der Waals surface area contributed by atoms with E-state index in [1.54, 1.807) is 0 Å². The number of rotatable bonds is 8. The van der Waals surface area contributed by atoms with Crippen molar-refractivity contribution < 1.29 is 0 Å². The van der Waals surface area contributed by atoms with E-state index in [1.807, 2.05) is 49.5 Å². The van der Waals surface area contributed by atoms with Crippen LogP contribution in [0.25, 0.3) is 89.8 Å². The lowest BCUT2D eigenvalue weighted by molar-refractivity contribution is 1.07. The second-order valence-electron chi connectivity index (χ2n) is 13.5. The number of nitrogens with zero attached hydrogens (tertiary/aromatic N) is 4.